The van der Waals surface area contributed by atoms with Crippen molar-refractivity contribution in [2.24, 2.45) is 5.92 Å². The molecule has 1 aliphatic rings. The SMILES string of the molecule is O=C(Cc1nc(-c2ccccn2)no1)C1CCCC1. The third-order valence-corrected chi connectivity index (χ3v) is 3.50. The predicted octanol–water partition coefficient (Wildman–Crippen LogP) is 2.43. The molecular formula is C14H15N3O2. The number of rotatable bonds is 4. The molecule has 0 unspecified atom stereocenters. The van der Waals surface area contributed by atoms with Crippen LogP contribution in [0, 0.1) is 5.92 Å². The van der Waals surface area contributed by atoms with Gasteiger partial charge in [0, 0.05) is 12.1 Å². The van der Waals surface area contributed by atoms with Gasteiger partial charge in [-0.3, -0.25) is 9.78 Å². The second-order valence-electron chi connectivity index (χ2n) is 4.85. The van der Waals surface area contributed by atoms with Crippen molar-refractivity contribution in [1.29, 1.82) is 0 Å². The lowest BCUT2D eigenvalue weighted by atomic mass is 10.0. The number of hydrogen-bond acceptors (Lipinski definition) is 5. The van der Waals surface area contributed by atoms with E-state index in [4.69, 9.17) is 4.52 Å². The number of pyridine rings is 1. The van der Waals surface area contributed by atoms with Gasteiger partial charge in [0.05, 0.1) is 6.42 Å². The fourth-order valence-corrected chi connectivity index (χ4v) is 2.47. The summed E-state index contributed by atoms with van der Waals surface area (Å²) in [7, 11) is 0. The van der Waals surface area contributed by atoms with E-state index in [9.17, 15) is 4.79 Å². The molecule has 2 aromatic rings. The fraction of sp³-hybridized carbons (Fsp3) is 0.429. The highest BCUT2D eigenvalue weighted by Gasteiger charge is 2.24. The summed E-state index contributed by atoms with van der Waals surface area (Å²) in [6, 6.07) is 5.50. The first-order chi connectivity index (χ1) is 9.33. The van der Waals surface area contributed by atoms with Crippen LogP contribution in [-0.4, -0.2) is 20.9 Å². The Bertz CT molecular complexity index is 559. The first-order valence-corrected chi connectivity index (χ1v) is 6.59. The van der Waals surface area contributed by atoms with Gasteiger partial charge in [-0.05, 0) is 25.0 Å². The quantitative estimate of drug-likeness (QED) is 0.841. The van der Waals surface area contributed by atoms with E-state index in [0.29, 0.717) is 17.4 Å². The Morgan fingerprint density at radius 1 is 1.32 bits per heavy atom. The molecule has 5 heteroatoms. The van der Waals surface area contributed by atoms with E-state index in [1.54, 1.807) is 6.20 Å². The van der Waals surface area contributed by atoms with Crippen LogP contribution in [0.5, 0.6) is 0 Å². The Balaban J connectivity index is 1.70. The first-order valence-electron chi connectivity index (χ1n) is 6.59. The van der Waals surface area contributed by atoms with Crippen molar-refractivity contribution in [2.45, 2.75) is 32.1 Å². The van der Waals surface area contributed by atoms with E-state index in [-0.39, 0.29) is 18.1 Å². The van der Waals surface area contributed by atoms with Crippen molar-refractivity contribution in [1.82, 2.24) is 15.1 Å². The molecule has 1 saturated carbocycles. The number of carbonyl (C=O) groups excluding carboxylic acids is 1. The van der Waals surface area contributed by atoms with Crippen LogP contribution in [0.2, 0.25) is 0 Å². The molecule has 2 heterocycles. The van der Waals surface area contributed by atoms with Gasteiger partial charge in [0.2, 0.25) is 11.7 Å². The third-order valence-electron chi connectivity index (χ3n) is 3.50. The topological polar surface area (TPSA) is 68.9 Å². The van der Waals surface area contributed by atoms with Gasteiger partial charge in [-0.2, -0.15) is 4.98 Å². The molecule has 3 rings (SSSR count). The molecule has 98 valence electrons. The molecule has 0 saturated heterocycles. The number of ketones is 1. The standard InChI is InChI=1S/C14H15N3O2/c18-12(10-5-1-2-6-10)9-13-16-14(17-19-13)11-7-3-4-8-15-11/h3-4,7-8,10H,1-2,5-6,9H2. The molecular weight excluding hydrogens is 242 g/mol. The van der Waals surface area contributed by atoms with Crippen molar-refractivity contribution in [3.8, 4) is 11.5 Å². The number of nitrogens with zero attached hydrogens (tertiary/aromatic N) is 3. The molecule has 5 nitrogen and oxygen atoms in total. The van der Waals surface area contributed by atoms with Gasteiger partial charge in [-0.1, -0.05) is 24.1 Å². The van der Waals surface area contributed by atoms with Gasteiger partial charge in [0.1, 0.15) is 11.5 Å². The van der Waals surface area contributed by atoms with Gasteiger partial charge < -0.3 is 4.52 Å². The van der Waals surface area contributed by atoms with Crippen LogP contribution in [0.1, 0.15) is 31.6 Å². The molecule has 0 radical (unpaired) electrons. The number of carbonyl (C=O) groups is 1. The summed E-state index contributed by atoms with van der Waals surface area (Å²) < 4.78 is 5.13. The monoisotopic (exact) mass is 257 g/mol. The minimum absolute atomic E-state index is 0.185. The molecule has 0 spiro atoms. The van der Waals surface area contributed by atoms with Crippen LogP contribution in [-0.2, 0) is 11.2 Å². The highest BCUT2D eigenvalue weighted by atomic mass is 16.5. The van der Waals surface area contributed by atoms with Crippen LogP contribution in [0.3, 0.4) is 0 Å². The van der Waals surface area contributed by atoms with Crippen molar-refractivity contribution in [2.75, 3.05) is 0 Å². The summed E-state index contributed by atoms with van der Waals surface area (Å²) in [5, 5.41) is 3.87. The lowest BCUT2D eigenvalue weighted by Gasteiger charge is -2.04. The van der Waals surface area contributed by atoms with Crippen molar-refractivity contribution < 1.29 is 9.32 Å². The molecule has 0 bridgehead atoms. The second kappa shape index (κ2) is 5.30. The maximum absolute atomic E-state index is 12.0. The summed E-state index contributed by atoms with van der Waals surface area (Å²) in [5.74, 6) is 1.23. The maximum Gasteiger partial charge on any atom is 0.234 e. The molecule has 19 heavy (non-hydrogen) atoms. The van der Waals surface area contributed by atoms with E-state index >= 15 is 0 Å². The van der Waals surface area contributed by atoms with E-state index in [1.807, 2.05) is 18.2 Å². The second-order valence-corrected chi connectivity index (χ2v) is 4.85. The van der Waals surface area contributed by atoms with E-state index in [2.05, 4.69) is 15.1 Å². The lowest BCUT2D eigenvalue weighted by Crippen LogP contribution is -2.13. The molecule has 0 aromatic carbocycles. The Morgan fingerprint density at radius 3 is 2.89 bits per heavy atom. The molecule has 0 amide bonds. The van der Waals surface area contributed by atoms with Crippen LogP contribution in [0.4, 0.5) is 0 Å². The van der Waals surface area contributed by atoms with Gasteiger partial charge in [0.15, 0.2) is 0 Å². The Hall–Kier alpha value is -2.04. The zero-order valence-corrected chi connectivity index (χ0v) is 10.6. The summed E-state index contributed by atoms with van der Waals surface area (Å²) in [6.07, 6.45) is 6.22. The lowest BCUT2D eigenvalue weighted by molar-refractivity contribution is -0.122. The summed E-state index contributed by atoms with van der Waals surface area (Å²) in [4.78, 5) is 20.4. The normalized spacial score (nSPS) is 15.8. The third kappa shape index (κ3) is 2.70. The highest BCUT2D eigenvalue weighted by molar-refractivity contribution is 5.82. The Morgan fingerprint density at radius 2 is 2.16 bits per heavy atom. The molecule has 1 fully saturated rings. The van der Waals surface area contributed by atoms with Gasteiger partial charge >= 0.3 is 0 Å². The van der Waals surface area contributed by atoms with Crippen LogP contribution in [0.25, 0.3) is 11.5 Å². The molecule has 1 aliphatic carbocycles. The minimum Gasteiger partial charge on any atom is -0.338 e. The minimum atomic E-state index is 0.185. The van der Waals surface area contributed by atoms with Crippen LogP contribution >= 0.6 is 0 Å². The van der Waals surface area contributed by atoms with Crippen molar-refractivity contribution >= 4 is 5.78 Å². The Labute approximate surface area is 111 Å². The van der Waals surface area contributed by atoms with Gasteiger partial charge in [-0.15, -0.1) is 0 Å². The van der Waals surface area contributed by atoms with E-state index < -0.39 is 0 Å². The van der Waals surface area contributed by atoms with E-state index in [0.717, 1.165) is 25.7 Å². The average Bonchev–Trinajstić information content (AvgIpc) is 3.11. The van der Waals surface area contributed by atoms with Gasteiger partial charge in [-0.25, -0.2) is 0 Å². The smallest absolute Gasteiger partial charge is 0.234 e. The zero-order valence-electron chi connectivity index (χ0n) is 10.6. The molecule has 0 N–H and O–H groups in total. The summed E-state index contributed by atoms with van der Waals surface area (Å²) in [6.45, 7) is 0. The number of aromatic nitrogens is 3. The summed E-state index contributed by atoms with van der Waals surface area (Å²) in [5.41, 5.74) is 0.658. The molecule has 0 atom stereocenters. The predicted molar refractivity (Wildman–Crippen MR) is 68.2 cm³/mol. The number of Topliss-reactive ketones (excluding diaryl/α,β-unsaturated/α-hetero) is 1. The number of hydrogen-bond donors (Lipinski definition) is 0. The fourth-order valence-electron chi connectivity index (χ4n) is 2.47. The Kier molecular flexibility index (Phi) is 3.35. The van der Waals surface area contributed by atoms with Crippen LogP contribution in [0.15, 0.2) is 28.9 Å². The largest absolute Gasteiger partial charge is 0.338 e. The van der Waals surface area contributed by atoms with Gasteiger partial charge in [0.25, 0.3) is 0 Å². The first kappa shape index (κ1) is 12.0. The van der Waals surface area contributed by atoms with E-state index in [1.165, 1.54) is 0 Å². The highest BCUT2D eigenvalue weighted by Crippen LogP contribution is 2.26. The summed E-state index contributed by atoms with van der Waals surface area (Å²) >= 11 is 0. The maximum atomic E-state index is 12.0. The van der Waals surface area contributed by atoms with Crippen molar-refractivity contribution in [3.05, 3.63) is 30.3 Å². The molecule has 2 aromatic heterocycles. The van der Waals surface area contributed by atoms with Crippen LogP contribution < -0.4 is 0 Å². The van der Waals surface area contributed by atoms with Crippen molar-refractivity contribution in [3.63, 3.8) is 0 Å². The zero-order chi connectivity index (χ0) is 13.1. The molecule has 0 aliphatic heterocycles. The average molecular weight is 257 g/mol.